The third-order valence-corrected chi connectivity index (χ3v) is 3.00. The van der Waals surface area contributed by atoms with Crippen LogP contribution in [0.4, 0.5) is 0 Å². The van der Waals surface area contributed by atoms with E-state index in [1.807, 2.05) is 0 Å². The minimum Gasteiger partial charge on any atom is -0.380 e. The summed E-state index contributed by atoms with van der Waals surface area (Å²) in [6.45, 7) is 6.83. The van der Waals surface area contributed by atoms with E-state index in [0.717, 1.165) is 13.2 Å². The molecule has 2 rings (SSSR count). The zero-order valence-corrected chi connectivity index (χ0v) is 6.94. The molecule has 0 bridgehead atoms. The van der Waals surface area contributed by atoms with Crippen LogP contribution < -0.4 is 0 Å². The highest BCUT2D eigenvalue weighted by atomic mass is 16.5. The second-order valence-corrected chi connectivity index (χ2v) is 4.83. The molecule has 1 heterocycles. The Bertz CT molecular complexity index is 145. The van der Waals surface area contributed by atoms with Crippen LogP contribution in [0, 0.1) is 10.8 Å². The van der Waals surface area contributed by atoms with Crippen LogP contribution in [0.15, 0.2) is 0 Å². The average molecular weight is 140 g/mol. The van der Waals surface area contributed by atoms with Gasteiger partial charge in [0.25, 0.3) is 0 Å². The number of ether oxygens (including phenoxy) is 1. The quantitative estimate of drug-likeness (QED) is 0.501. The van der Waals surface area contributed by atoms with E-state index < -0.39 is 0 Å². The Balaban J connectivity index is 2.05. The molecule has 58 valence electrons. The molecule has 0 atom stereocenters. The largest absolute Gasteiger partial charge is 0.380 e. The van der Waals surface area contributed by atoms with Gasteiger partial charge in [0.15, 0.2) is 0 Å². The SMILES string of the molecule is CC1(C)CCC2(COC2)C1. The molecule has 0 aromatic rings. The summed E-state index contributed by atoms with van der Waals surface area (Å²) in [6, 6.07) is 0. The molecule has 1 heteroatoms. The van der Waals surface area contributed by atoms with E-state index in [9.17, 15) is 0 Å². The molecule has 2 fully saturated rings. The molecule has 0 aromatic carbocycles. The molecule has 1 spiro atoms. The third-order valence-electron chi connectivity index (χ3n) is 3.00. The third kappa shape index (κ3) is 0.878. The Kier molecular flexibility index (Phi) is 1.17. The Hall–Kier alpha value is -0.0400. The predicted molar refractivity (Wildman–Crippen MR) is 40.9 cm³/mol. The average Bonchev–Trinajstić information content (AvgIpc) is 2.04. The molecule has 1 aliphatic carbocycles. The van der Waals surface area contributed by atoms with Crippen molar-refractivity contribution in [2.45, 2.75) is 33.1 Å². The fourth-order valence-electron chi connectivity index (χ4n) is 2.43. The van der Waals surface area contributed by atoms with Gasteiger partial charge in [0.05, 0.1) is 13.2 Å². The van der Waals surface area contributed by atoms with E-state index >= 15 is 0 Å². The van der Waals surface area contributed by atoms with Crippen LogP contribution in [-0.2, 0) is 4.74 Å². The van der Waals surface area contributed by atoms with Gasteiger partial charge >= 0.3 is 0 Å². The van der Waals surface area contributed by atoms with Crippen molar-refractivity contribution in [2.24, 2.45) is 10.8 Å². The minimum absolute atomic E-state index is 0.601. The van der Waals surface area contributed by atoms with Crippen molar-refractivity contribution in [1.29, 1.82) is 0 Å². The molecular weight excluding hydrogens is 124 g/mol. The lowest BCUT2D eigenvalue weighted by Crippen LogP contribution is -2.40. The first-order valence-corrected chi connectivity index (χ1v) is 4.20. The zero-order valence-electron chi connectivity index (χ0n) is 6.94. The normalized spacial score (nSPS) is 34.2. The van der Waals surface area contributed by atoms with Crippen molar-refractivity contribution in [3.8, 4) is 0 Å². The van der Waals surface area contributed by atoms with E-state index in [-0.39, 0.29) is 0 Å². The van der Waals surface area contributed by atoms with Crippen LogP contribution in [0.3, 0.4) is 0 Å². The lowest BCUT2D eigenvalue weighted by atomic mass is 9.80. The molecule has 10 heavy (non-hydrogen) atoms. The van der Waals surface area contributed by atoms with Crippen LogP contribution in [0.5, 0.6) is 0 Å². The summed E-state index contributed by atoms with van der Waals surface area (Å²) in [5.41, 5.74) is 1.23. The summed E-state index contributed by atoms with van der Waals surface area (Å²) >= 11 is 0. The van der Waals surface area contributed by atoms with Gasteiger partial charge in [-0.2, -0.15) is 0 Å². The Morgan fingerprint density at radius 3 is 2.00 bits per heavy atom. The van der Waals surface area contributed by atoms with Gasteiger partial charge < -0.3 is 4.74 Å². The molecule has 0 amide bonds. The maximum absolute atomic E-state index is 5.25. The van der Waals surface area contributed by atoms with Crippen LogP contribution in [0.2, 0.25) is 0 Å². The van der Waals surface area contributed by atoms with Crippen molar-refractivity contribution < 1.29 is 4.74 Å². The molecular formula is C9H16O. The van der Waals surface area contributed by atoms with Gasteiger partial charge in [-0.05, 0) is 24.7 Å². The van der Waals surface area contributed by atoms with Gasteiger partial charge in [0.2, 0.25) is 0 Å². The fraction of sp³-hybridized carbons (Fsp3) is 1.00. The summed E-state index contributed by atoms with van der Waals surface area (Å²) in [4.78, 5) is 0. The van der Waals surface area contributed by atoms with E-state index in [1.165, 1.54) is 19.3 Å². The first kappa shape index (κ1) is 6.66. The van der Waals surface area contributed by atoms with Crippen molar-refractivity contribution >= 4 is 0 Å². The van der Waals surface area contributed by atoms with Crippen LogP contribution >= 0.6 is 0 Å². The highest BCUT2D eigenvalue weighted by Crippen LogP contribution is 2.52. The molecule has 0 aromatic heterocycles. The van der Waals surface area contributed by atoms with Gasteiger partial charge in [-0.1, -0.05) is 13.8 Å². The van der Waals surface area contributed by atoms with E-state index in [0.29, 0.717) is 10.8 Å². The van der Waals surface area contributed by atoms with Gasteiger partial charge in [-0.3, -0.25) is 0 Å². The number of hydrogen-bond donors (Lipinski definition) is 0. The van der Waals surface area contributed by atoms with E-state index in [2.05, 4.69) is 13.8 Å². The van der Waals surface area contributed by atoms with E-state index in [1.54, 1.807) is 0 Å². The van der Waals surface area contributed by atoms with Crippen LogP contribution in [0.25, 0.3) is 0 Å². The molecule has 1 saturated carbocycles. The molecule has 0 radical (unpaired) electrons. The lowest BCUT2D eigenvalue weighted by Gasteiger charge is -2.39. The summed E-state index contributed by atoms with van der Waals surface area (Å²) in [6.07, 6.45) is 4.19. The predicted octanol–water partition coefficient (Wildman–Crippen LogP) is 2.21. The first-order chi connectivity index (χ1) is 4.62. The standard InChI is InChI=1S/C9H16O/c1-8(2)3-4-9(5-8)6-10-7-9/h3-7H2,1-2H3. The van der Waals surface area contributed by atoms with Gasteiger partial charge in [0, 0.05) is 5.41 Å². The monoisotopic (exact) mass is 140 g/mol. The number of hydrogen-bond acceptors (Lipinski definition) is 1. The van der Waals surface area contributed by atoms with Crippen LogP contribution in [-0.4, -0.2) is 13.2 Å². The molecule has 0 N–H and O–H groups in total. The molecule has 0 unspecified atom stereocenters. The first-order valence-electron chi connectivity index (χ1n) is 4.20. The summed E-state index contributed by atoms with van der Waals surface area (Å²) in [5.74, 6) is 0. The summed E-state index contributed by atoms with van der Waals surface area (Å²) < 4.78 is 5.25. The molecule has 2 aliphatic rings. The van der Waals surface area contributed by atoms with Crippen molar-refractivity contribution in [2.75, 3.05) is 13.2 Å². The second-order valence-electron chi connectivity index (χ2n) is 4.83. The molecule has 1 saturated heterocycles. The Morgan fingerprint density at radius 1 is 1.10 bits per heavy atom. The zero-order chi connectivity index (χ0) is 7.24. The lowest BCUT2D eigenvalue weighted by molar-refractivity contribution is -0.112. The number of rotatable bonds is 0. The van der Waals surface area contributed by atoms with Crippen molar-refractivity contribution in [3.05, 3.63) is 0 Å². The van der Waals surface area contributed by atoms with Gasteiger partial charge in [0.1, 0.15) is 0 Å². The highest BCUT2D eigenvalue weighted by Gasteiger charge is 2.47. The smallest absolute Gasteiger partial charge is 0.0545 e. The van der Waals surface area contributed by atoms with Crippen molar-refractivity contribution in [1.82, 2.24) is 0 Å². The minimum atomic E-state index is 0.601. The Morgan fingerprint density at radius 2 is 1.80 bits per heavy atom. The summed E-state index contributed by atoms with van der Waals surface area (Å²) in [7, 11) is 0. The van der Waals surface area contributed by atoms with Gasteiger partial charge in [-0.25, -0.2) is 0 Å². The topological polar surface area (TPSA) is 9.23 Å². The maximum atomic E-state index is 5.25. The highest BCUT2D eigenvalue weighted by molar-refractivity contribution is 4.96. The van der Waals surface area contributed by atoms with Gasteiger partial charge in [-0.15, -0.1) is 0 Å². The molecule has 1 nitrogen and oxygen atoms in total. The van der Waals surface area contributed by atoms with Crippen molar-refractivity contribution in [3.63, 3.8) is 0 Å². The van der Waals surface area contributed by atoms with E-state index in [4.69, 9.17) is 4.74 Å². The second kappa shape index (κ2) is 1.76. The van der Waals surface area contributed by atoms with Crippen LogP contribution in [0.1, 0.15) is 33.1 Å². The fourth-order valence-corrected chi connectivity index (χ4v) is 2.43. The Labute approximate surface area is 62.8 Å². The molecule has 1 aliphatic heterocycles. The summed E-state index contributed by atoms with van der Waals surface area (Å²) in [5, 5.41) is 0. The maximum Gasteiger partial charge on any atom is 0.0545 e.